The largest absolute Gasteiger partial charge is 0.366 e. The summed E-state index contributed by atoms with van der Waals surface area (Å²) in [6.45, 7) is 1.52. The van der Waals surface area contributed by atoms with E-state index in [1.165, 1.54) is 0 Å². The maximum atomic E-state index is 12.7. The van der Waals surface area contributed by atoms with E-state index in [0.717, 1.165) is 43.7 Å². The molecular formula is C16H16Cl2N2O2. The Labute approximate surface area is 139 Å². The van der Waals surface area contributed by atoms with Crippen molar-refractivity contribution in [3.8, 4) is 0 Å². The lowest BCUT2D eigenvalue weighted by Crippen LogP contribution is -2.35. The molecule has 1 aromatic carbocycles. The molecule has 0 radical (unpaired) electrons. The van der Waals surface area contributed by atoms with Gasteiger partial charge in [0.1, 0.15) is 10.7 Å². The molecule has 2 aliphatic rings. The van der Waals surface area contributed by atoms with Crippen LogP contribution in [0.3, 0.4) is 0 Å². The average molecular weight is 339 g/mol. The second-order valence-electron chi connectivity index (χ2n) is 5.49. The number of carbonyl (C=O) groups excluding carboxylic acids is 2. The number of halogens is 2. The number of amides is 2. The molecule has 22 heavy (non-hydrogen) atoms. The van der Waals surface area contributed by atoms with Crippen LogP contribution in [0.5, 0.6) is 0 Å². The van der Waals surface area contributed by atoms with E-state index in [-0.39, 0.29) is 10.9 Å². The summed E-state index contributed by atoms with van der Waals surface area (Å²) in [6, 6.07) is 6.67. The fourth-order valence-corrected chi connectivity index (χ4v) is 3.38. The number of benzene rings is 1. The van der Waals surface area contributed by atoms with Gasteiger partial charge in [0.2, 0.25) is 0 Å². The summed E-state index contributed by atoms with van der Waals surface area (Å²) in [7, 11) is 0. The first-order chi connectivity index (χ1) is 10.6. The number of nitrogens with zero attached hydrogens (tertiary/aromatic N) is 2. The molecule has 2 heterocycles. The molecule has 0 spiro atoms. The van der Waals surface area contributed by atoms with E-state index in [2.05, 4.69) is 0 Å². The lowest BCUT2D eigenvalue weighted by atomic mass is 10.2. The Bertz CT molecular complexity index is 649. The van der Waals surface area contributed by atoms with Crippen LogP contribution in [0.15, 0.2) is 35.0 Å². The highest BCUT2D eigenvalue weighted by Gasteiger charge is 2.41. The molecule has 6 heteroatoms. The van der Waals surface area contributed by atoms with Crippen molar-refractivity contribution < 1.29 is 9.59 Å². The van der Waals surface area contributed by atoms with Crippen LogP contribution >= 0.6 is 23.2 Å². The van der Waals surface area contributed by atoms with E-state index in [4.69, 9.17) is 23.2 Å². The normalized spacial score (nSPS) is 19.9. The Morgan fingerprint density at radius 1 is 0.909 bits per heavy atom. The highest BCUT2D eigenvalue weighted by molar-refractivity contribution is 6.52. The van der Waals surface area contributed by atoms with Gasteiger partial charge in [-0.3, -0.25) is 9.59 Å². The van der Waals surface area contributed by atoms with Crippen molar-refractivity contribution in [1.29, 1.82) is 0 Å². The predicted octanol–water partition coefficient (Wildman–Crippen LogP) is 3.54. The number of carbonyl (C=O) groups is 2. The van der Waals surface area contributed by atoms with Crippen molar-refractivity contribution in [2.75, 3.05) is 18.0 Å². The van der Waals surface area contributed by atoms with Gasteiger partial charge in [-0.1, -0.05) is 42.1 Å². The Morgan fingerprint density at radius 2 is 1.59 bits per heavy atom. The first kappa shape index (κ1) is 15.4. The van der Waals surface area contributed by atoms with Crippen molar-refractivity contribution in [3.63, 3.8) is 0 Å². The molecule has 0 saturated carbocycles. The number of rotatable bonds is 2. The Hall–Kier alpha value is -1.52. The summed E-state index contributed by atoms with van der Waals surface area (Å²) < 4.78 is 0. The molecular weight excluding hydrogens is 323 g/mol. The van der Waals surface area contributed by atoms with Gasteiger partial charge in [-0.25, -0.2) is 4.90 Å². The van der Waals surface area contributed by atoms with Gasteiger partial charge >= 0.3 is 0 Å². The summed E-state index contributed by atoms with van der Waals surface area (Å²) >= 11 is 12.1. The topological polar surface area (TPSA) is 40.6 Å². The highest BCUT2D eigenvalue weighted by Crippen LogP contribution is 2.33. The van der Waals surface area contributed by atoms with Crippen molar-refractivity contribution in [1.82, 2.24) is 4.90 Å². The number of likely N-dealkylation sites (tertiary alicyclic amines) is 1. The maximum Gasteiger partial charge on any atom is 0.283 e. The standard InChI is InChI=1S/C16H16Cl2N2O2/c17-11-6-5-7-12(10-11)20-15(21)13(18)14(16(20)22)19-8-3-1-2-4-9-19/h5-7,10H,1-4,8-9H2. The first-order valence-corrected chi connectivity index (χ1v) is 8.14. The molecule has 3 rings (SSSR count). The summed E-state index contributed by atoms with van der Waals surface area (Å²) in [4.78, 5) is 28.2. The second-order valence-corrected chi connectivity index (χ2v) is 6.30. The van der Waals surface area contributed by atoms with Crippen LogP contribution in [0.25, 0.3) is 0 Å². The quantitative estimate of drug-likeness (QED) is 0.774. The second kappa shape index (κ2) is 6.31. The summed E-state index contributed by atoms with van der Waals surface area (Å²) in [5.41, 5.74) is 0.777. The van der Waals surface area contributed by atoms with Gasteiger partial charge in [-0.05, 0) is 31.0 Å². The minimum atomic E-state index is -0.479. The zero-order chi connectivity index (χ0) is 15.7. The molecule has 0 N–H and O–H groups in total. The van der Waals surface area contributed by atoms with E-state index in [1.54, 1.807) is 24.3 Å². The zero-order valence-corrected chi connectivity index (χ0v) is 13.5. The van der Waals surface area contributed by atoms with E-state index in [1.807, 2.05) is 4.90 Å². The molecule has 1 aromatic rings. The Balaban J connectivity index is 1.92. The zero-order valence-electron chi connectivity index (χ0n) is 12.0. The molecule has 0 aromatic heterocycles. The molecule has 116 valence electrons. The Morgan fingerprint density at radius 3 is 2.23 bits per heavy atom. The highest BCUT2D eigenvalue weighted by atomic mass is 35.5. The number of hydrogen-bond acceptors (Lipinski definition) is 3. The minimum absolute atomic E-state index is 0.00637. The number of anilines is 1. The first-order valence-electron chi connectivity index (χ1n) is 7.38. The molecule has 4 nitrogen and oxygen atoms in total. The van der Waals surface area contributed by atoms with Crippen molar-refractivity contribution in [3.05, 3.63) is 40.0 Å². The molecule has 0 aliphatic carbocycles. The van der Waals surface area contributed by atoms with Gasteiger partial charge in [0.15, 0.2) is 0 Å². The van der Waals surface area contributed by atoms with E-state index in [0.29, 0.717) is 16.4 Å². The molecule has 1 fully saturated rings. The van der Waals surface area contributed by atoms with E-state index in [9.17, 15) is 9.59 Å². The predicted molar refractivity (Wildman–Crippen MR) is 86.9 cm³/mol. The molecule has 1 saturated heterocycles. The van der Waals surface area contributed by atoms with Gasteiger partial charge in [-0.15, -0.1) is 0 Å². The van der Waals surface area contributed by atoms with E-state index >= 15 is 0 Å². The van der Waals surface area contributed by atoms with Gasteiger partial charge in [0.05, 0.1) is 5.69 Å². The third-order valence-corrected chi connectivity index (χ3v) is 4.57. The fraction of sp³-hybridized carbons (Fsp3) is 0.375. The smallest absolute Gasteiger partial charge is 0.283 e. The SMILES string of the molecule is O=C1C(Cl)=C(N2CCCCCC2)C(=O)N1c1cccc(Cl)c1. The Kier molecular flexibility index (Phi) is 4.41. The van der Waals surface area contributed by atoms with Gasteiger partial charge in [-0.2, -0.15) is 0 Å². The van der Waals surface area contributed by atoms with Gasteiger partial charge in [0.25, 0.3) is 11.8 Å². The monoisotopic (exact) mass is 338 g/mol. The third-order valence-electron chi connectivity index (χ3n) is 3.99. The molecule has 0 atom stereocenters. The van der Waals surface area contributed by atoms with Crippen LogP contribution in [0, 0.1) is 0 Å². The minimum Gasteiger partial charge on any atom is -0.366 e. The van der Waals surface area contributed by atoms with Crippen LogP contribution in [0.2, 0.25) is 5.02 Å². The van der Waals surface area contributed by atoms with Crippen LogP contribution in [-0.2, 0) is 9.59 Å². The van der Waals surface area contributed by atoms with Crippen LogP contribution in [0.4, 0.5) is 5.69 Å². The van der Waals surface area contributed by atoms with Crippen molar-refractivity contribution in [2.24, 2.45) is 0 Å². The number of imide groups is 1. The lowest BCUT2D eigenvalue weighted by Gasteiger charge is -2.23. The number of hydrogen-bond donors (Lipinski definition) is 0. The van der Waals surface area contributed by atoms with Crippen molar-refractivity contribution >= 4 is 40.7 Å². The molecule has 0 unspecified atom stereocenters. The summed E-state index contributed by atoms with van der Waals surface area (Å²) in [5, 5.41) is 0.476. The van der Waals surface area contributed by atoms with Gasteiger partial charge in [0, 0.05) is 18.1 Å². The van der Waals surface area contributed by atoms with Crippen LogP contribution in [0.1, 0.15) is 25.7 Å². The maximum absolute atomic E-state index is 12.7. The third kappa shape index (κ3) is 2.73. The van der Waals surface area contributed by atoms with E-state index < -0.39 is 5.91 Å². The van der Waals surface area contributed by atoms with Crippen LogP contribution in [-0.4, -0.2) is 29.8 Å². The molecule has 2 aliphatic heterocycles. The average Bonchev–Trinajstić information content (AvgIpc) is 2.68. The fourth-order valence-electron chi connectivity index (χ4n) is 2.91. The van der Waals surface area contributed by atoms with Crippen LogP contribution < -0.4 is 4.90 Å². The summed E-state index contributed by atoms with van der Waals surface area (Å²) in [5.74, 6) is -0.840. The molecule has 0 bridgehead atoms. The summed E-state index contributed by atoms with van der Waals surface area (Å²) in [6.07, 6.45) is 4.29. The molecule has 2 amide bonds. The lowest BCUT2D eigenvalue weighted by molar-refractivity contribution is -0.121. The van der Waals surface area contributed by atoms with Gasteiger partial charge < -0.3 is 4.90 Å². The van der Waals surface area contributed by atoms with Crippen molar-refractivity contribution in [2.45, 2.75) is 25.7 Å².